The van der Waals surface area contributed by atoms with E-state index < -0.39 is 33.2 Å². The minimum atomic E-state index is -4.09. The summed E-state index contributed by atoms with van der Waals surface area (Å²) in [6, 6.07) is 12.5. The van der Waals surface area contributed by atoms with Crippen molar-refractivity contribution in [1.82, 2.24) is 9.62 Å². The van der Waals surface area contributed by atoms with Crippen LogP contribution in [0.25, 0.3) is 0 Å². The molecule has 0 aliphatic carbocycles. The lowest BCUT2D eigenvalue weighted by atomic mass is 10.0. The van der Waals surface area contributed by atoms with Gasteiger partial charge in [-0.15, -0.1) is 0 Å². The molecule has 0 radical (unpaired) electrons. The molecule has 2 rings (SSSR count). The summed E-state index contributed by atoms with van der Waals surface area (Å²) in [6.45, 7) is 3.33. The third kappa shape index (κ3) is 7.01. The molecule has 2 aromatic rings. The predicted molar refractivity (Wildman–Crippen MR) is 118 cm³/mol. The number of carboxylic acid groups (broad SMARTS) is 1. The highest BCUT2D eigenvalue weighted by Gasteiger charge is 2.31. The first-order chi connectivity index (χ1) is 15.0. The molecular weight excluding hydrogens is 438 g/mol. The van der Waals surface area contributed by atoms with Crippen molar-refractivity contribution < 1.29 is 28.3 Å². The fourth-order valence-corrected chi connectivity index (χ4v) is 4.83. The summed E-state index contributed by atoms with van der Waals surface area (Å²) in [4.78, 5) is 21.3. The maximum Gasteiger partial charge on any atom is 0.404 e. The van der Waals surface area contributed by atoms with E-state index in [9.17, 15) is 33.5 Å². The molecule has 0 saturated carbocycles. The Bertz CT molecular complexity index is 1010. The normalized spacial score (nSPS) is 13.7. The summed E-state index contributed by atoms with van der Waals surface area (Å²) in [6.07, 6.45) is -2.50. The number of aliphatic hydroxyl groups is 1. The summed E-state index contributed by atoms with van der Waals surface area (Å²) in [5.41, 5.74) is 0.534. The van der Waals surface area contributed by atoms with Crippen molar-refractivity contribution >= 4 is 21.8 Å². The summed E-state index contributed by atoms with van der Waals surface area (Å²) >= 11 is 0. The largest absolute Gasteiger partial charge is 0.465 e. The molecule has 174 valence electrons. The molecule has 10 nitrogen and oxygen atoms in total. The second-order valence-electron chi connectivity index (χ2n) is 7.78. The molecular formula is C21H27N3O7S. The summed E-state index contributed by atoms with van der Waals surface area (Å²) < 4.78 is 27.5. The van der Waals surface area contributed by atoms with Gasteiger partial charge in [0.1, 0.15) is 0 Å². The zero-order chi connectivity index (χ0) is 23.9. The zero-order valence-corrected chi connectivity index (χ0v) is 18.6. The lowest BCUT2D eigenvalue weighted by Gasteiger charge is -2.30. The Morgan fingerprint density at radius 1 is 1.09 bits per heavy atom. The molecule has 0 aliphatic heterocycles. The standard InChI is InChI=1S/C21H27N3O7S/c1-15(2)13-23(32(30,31)18-10-8-17(9-11-18)24(28)29)14-20(25)19(22-21(26)27)12-16-6-4-3-5-7-16/h3-11,15,19-20,22,25H,12-14H2,1-2H3,(H,26,27)/t19-,20-/m0/s1. The van der Waals surface area contributed by atoms with E-state index in [0.717, 1.165) is 34.1 Å². The molecule has 3 N–H and O–H groups in total. The zero-order valence-electron chi connectivity index (χ0n) is 17.8. The highest BCUT2D eigenvalue weighted by Crippen LogP contribution is 2.21. The maximum absolute atomic E-state index is 13.2. The molecule has 0 spiro atoms. The van der Waals surface area contributed by atoms with E-state index in [-0.39, 0.29) is 36.0 Å². The number of nitrogens with one attached hydrogen (secondary N) is 1. The van der Waals surface area contributed by atoms with Crippen molar-refractivity contribution in [2.24, 2.45) is 5.92 Å². The van der Waals surface area contributed by atoms with Crippen molar-refractivity contribution in [3.8, 4) is 0 Å². The number of benzene rings is 2. The second kappa shape index (κ2) is 11.0. The van der Waals surface area contributed by atoms with Gasteiger partial charge in [0.15, 0.2) is 0 Å². The molecule has 0 aromatic heterocycles. The van der Waals surface area contributed by atoms with Crippen molar-refractivity contribution in [2.45, 2.75) is 37.3 Å². The van der Waals surface area contributed by atoms with Crippen molar-refractivity contribution in [3.63, 3.8) is 0 Å². The number of aliphatic hydroxyl groups excluding tert-OH is 1. The molecule has 0 saturated heterocycles. The van der Waals surface area contributed by atoms with E-state index >= 15 is 0 Å². The fraction of sp³-hybridized carbons (Fsp3) is 0.381. The van der Waals surface area contributed by atoms with Gasteiger partial charge in [0.2, 0.25) is 10.0 Å². The number of hydrogen-bond acceptors (Lipinski definition) is 6. The number of nitro groups is 1. The van der Waals surface area contributed by atoms with E-state index in [1.54, 1.807) is 30.3 Å². The van der Waals surface area contributed by atoms with Crippen LogP contribution in [-0.2, 0) is 16.4 Å². The summed E-state index contributed by atoms with van der Waals surface area (Å²) in [7, 11) is -4.09. The molecule has 2 aromatic carbocycles. The van der Waals surface area contributed by atoms with E-state index in [0.29, 0.717) is 0 Å². The Labute approximate surface area is 186 Å². The van der Waals surface area contributed by atoms with Crippen LogP contribution in [0.2, 0.25) is 0 Å². The molecule has 1 amide bonds. The van der Waals surface area contributed by atoms with Crippen LogP contribution >= 0.6 is 0 Å². The van der Waals surface area contributed by atoms with Crippen molar-refractivity contribution in [1.29, 1.82) is 0 Å². The number of amides is 1. The van der Waals surface area contributed by atoms with Gasteiger partial charge in [0.25, 0.3) is 5.69 Å². The first-order valence-electron chi connectivity index (χ1n) is 9.96. The Morgan fingerprint density at radius 3 is 2.19 bits per heavy atom. The molecule has 11 heteroatoms. The monoisotopic (exact) mass is 465 g/mol. The number of sulfonamides is 1. The fourth-order valence-electron chi connectivity index (χ4n) is 3.21. The average Bonchev–Trinajstić information content (AvgIpc) is 2.73. The van der Waals surface area contributed by atoms with Gasteiger partial charge in [-0.1, -0.05) is 44.2 Å². The van der Waals surface area contributed by atoms with Crippen LogP contribution in [0.1, 0.15) is 19.4 Å². The van der Waals surface area contributed by atoms with Gasteiger partial charge in [-0.3, -0.25) is 10.1 Å². The van der Waals surface area contributed by atoms with Crippen LogP contribution in [-0.4, -0.2) is 59.2 Å². The summed E-state index contributed by atoms with van der Waals surface area (Å²) in [5.74, 6) is -0.0879. The average molecular weight is 466 g/mol. The van der Waals surface area contributed by atoms with E-state index in [1.165, 1.54) is 0 Å². The number of carbonyl (C=O) groups is 1. The van der Waals surface area contributed by atoms with Gasteiger partial charge >= 0.3 is 6.09 Å². The van der Waals surface area contributed by atoms with Gasteiger partial charge in [0, 0.05) is 25.2 Å². The van der Waals surface area contributed by atoms with Crippen LogP contribution in [0, 0.1) is 16.0 Å². The molecule has 0 fully saturated rings. The highest BCUT2D eigenvalue weighted by molar-refractivity contribution is 7.89. The topological polar surface area (TPSA) is 150 Å². The third-order valence-electron chi connectivity index (χ3n) is 4.72. The van der Waals surface area contributed by atoms with Gasteiger partial charge in [0.05, 0.1) is 22.0 Å². The number of hydrogen-bond donors (Lipinski definition) is 3. The van der Waals surface area contributed by atoms with Crippen LogP contribution < -0.4 is 5.32 Å². The first-order valence-corrected chi connectivity index (χ1v) is 11.4. The number of rotatable bonds is 11. The van der Waals surface area contributed by atoms with Crippen LogP contribution in [0.4, 0.5) is 10.5 Å². The Balaban J connectivity index is 2.29. The van der Waals surface area contributed by atoms with Crippen molar-refractivity contribution in [2.75, 3.05) is 13.1 Å². The lowest BCUT2D eigenvalue weighted by Crippen LogP contribution is -2.50. The SMILES string of the molecule is CC(C)CN(C[C@H](O)[C@H](Cc1ccccc1)NC(=O)O)S(=O)(=O)c1ccc([N+](=O)[O-])cc1. The first kappa shape index (κ1) is 25.2. The molecule has 0 bridgehead atoms. The minimum absolute atomic E-state index is 0.0709. The number of nitro benzene ring substituents is 1. The van der Waals surface area contributed by atoms with E-state index in [4.69, 9.17) is 0 Å². The molecule has 0 unspecified atom stereocenters. The van der Waals surface area contributed by atoms with Gasteiger partial charge in [-0.25, -0.2) is 13.2 Å². The molecule has 0 aliphatic rings. The van der Waals surface area contributed by atoms with Crippen molar-refractivity contribution in [3.05, 3.63) is 70.3 Å². The van der Waals surface area contributed by atoms with E-state index in [2.05, 4.69) is 5.32 Å². The Morgan fingerprint density at radius 2 is 1.69 bits per heavy atom. The van der Waals surface area contributed by atoms with Crippen LogP contribution in [0.15, 0.2) is 59.5 Å². The molecule has 0 heterocycles. The minimum Gasteiger partial charge on any atom is -0.465 e. The van der Waals surface area contributed by atoms with Gasteiger partial charge in [-0.2, -0.15) is 4.31 Å². The predicted octanol–water partition coefficient (Wildman–Crippen LogP) is 2.48. The third-order valence-corrected chi connectivity index (χ3v) is 6.56. The van der Waals surface area contributed by atoms with Gasteiger partial charge < -0.3 is 15.5 Å². The Hall–Kier alpha value is -3.02. The molecule has 2 atom stereocenters. The highest BCUT2D eigenvalue weighted by atomic mass is 32.2. The van der Waals surface area contributed by atoms with Crippen LogP contribution in [0.5, 0.6) is 0 Å². The molecule has 32 heavy (non-hydrogen) atoms. The number of non-ortho nitro benzene ring substituents is 1. The quantitative estimate of drug-likeness (QED) is 0.341. The second-order valence-corrected chi connectivity index (χ2v) is 9.72. The lowest BCUT2D eigenvalue weighted by molar-refractivity contribution is -0.384. The smallest absolute Gasteiger partial charge is 0.404 e. The van der Waals surface area contributed by atoms with Gasteiger partial charge in [-0.05, 0) is 30.0 Å². The summed E-state index contributed by atoms with van der Waals surface area (Å²) in [5, 5.41) is 33.1. The van der Waals surface area contributed by atoms with Crippen LogP contribution in [0.3, 0.4) is 0 Å². The number of nitrogens with zero attached hydrogens (tertiary/aromatic N) is 2. The maximum atomic E-state index is 13.2. The Kier molecular flexibility index (Phi) is 8.70. The van der Waals surface area contributed by atoms with E-state index in [1.807, 2.05) is 13.8 Å².